The van der Waals surface area contributed by atoms with E-state index >= 15 is 0 Å². The summed E-state index contributed by atoms with van der Waals surface area (Å²) in [6.07, 6.45) is 0. The molecule has 0 aliphatic heterocycles. The summed E-state index contributed by atoms with van der Waals surface area (Å²) in [5.41, 5.74) is 1.80. The Balaban J connectivity index is 2.46. The fourth-order valence-corrected chi connectivity index (χ4v) is 2.05. The van der Waals surface area contributed by atoms with Gasteiger partial charge in [-0.15, -0.1) is 0 Å². The molecule has 4 heteroatoms. The largest absolute Gasteiger partial charge is 0.494 e. The van der Waals surface area contributed by atoms with Crippen LogP contribution in [0.3, 0.4) is 0 Å². The SMILES string of the molecule is CCOc1cccc(-c2cc(Cl)cc(C(=O)O)c2)c1. The lowest BCUT2D eigenvalue weighted by Crippen LogP contribution is -1.96. The van der Waals surface area contributed by atoms with Gasteiger partial charge in [0.2, 0.25) is 0 Å². The Morgan fingerprint density at radius 3 is 2.68 bits per heavy atom. The number of aromatic carboxylic acids is 1. The van der Waals surface area contributed by atoms with Crippen LogP contribution in [0.1, 0.15) is 17.3 Å². The minimum atomic E-state index is -0.996. The molecule has 0 spiro atoms. The van der Waals surface area contributed by atoms with Crippen molar-refractivity contribution in [1.82, 2.24) is 0 Å². The highest BCUT2D eigenvalue weighted by Gasteiger charge is 2.08. The van der Waals surface area contributed by atoms with Gasteiger partial charge in [-0.05, 0) is 48.4 Å². The predicted octanol–water partition coefficient (Wildman–Crippen LogP) is 4.10. The van der Waals surface area contributed by atoms with Gasteiger partial charge in [-0.2, -0.15) is 0 Å². The van der Waals surface area contributed by atoms with E-state index in [-0.39, 0.29) is 5.56 Å². The van der Waals surface area contributed by atoms with Gasteiger partial charge in [0.05, 0.1) is 12.2 Å². The second-order valence-electron chi connectivity index (χ2n) is 3.99. The Morgan fingerprint density at radius 1 is 1.21 bits per heavy atom. The molecule has 0 bridgehead atoms. The summed E-state index contributed by atoms with van der Waals surface area (Å²) in [6.45, 7) is 2.49. The Kier molecular flexibility index (Phi) is 4.07. The van der Waals surface area contributed by atoms with Crippen LogP contribution in [0.25, 0.3) is 11.1 Å². The summed E-state index contributed by atoms with van der Waals surface area (Å²) in [4.78, 5) is 11.0. The maximum Gasteiger partial charge on any atom is 0.335 e. The molecule has 0 atom stereocenters. The van der Waals surface area contributed by atoms with Crippen molar-refractivity contribution >= 4 is 17.6 Å². The number of ether oxygens (including phenoxy) is 1. The summed E-state index contributed by atoms with van der Waals surface area (Å²) in [7, 11) is 0. The molecule has 2 rings (SSSR count). The highest BCUT2D eigenvalue weighted by Crippen LogP contribution is 2.27. The van der Waals surface area contributed by atoms with E-state index in [1.807, 2.05) is 31.2 Å². The van der Waals surface area contributed by atoms with Gasteiger partial charge in [0.15, 0.2) is 0 Å². The molecule has 0 aliphatic rings. The lowest BCUT2D eigenvalue weighted by Gasteiger charge is -2.07. The van der Waals surface area contributed by atoms with Gasteiger partial charge in [0.1, 0.15) is 5.75 Å². The first kappa shape index (κ1) is 13.4. The van der Waals surface area contributed by atoms with E-state index in [4.69, 9.17) is 21.4 Å². The first-order valence-electron chi connectivity index (χ1n) is 5.87. The van der Waals surface area contributed by atoms with Gasteiger partial charge in [0.25, 0.3) is 0 Å². The predicted molar refractivity (Wildman–Crippen MR) is 75.0 cm³/mol. The number of halogens is 1. The van der Waals surface area contributed by atoms with E-state index in [2.05, 4.69) is 0 Å². The van der Waals surface area contributed by atoms with Crippen molar-refractivity contribution in [2.45, 2.75) is 6.92 Å². The third-order valence-electron chi connectivity index (χ3n) is 2.62. The molecule has 0 unspecified atom stereocenters. The molecule has 19 heavy (non-hydrogen) atoms. The summed E-state index contributed by atoms with van der Waals surface area (Å²) < 4.78 is 5.43. The van der Waals surface area contributed by atoms with Crippen LogP contribution < -0.4 is 4.74 Å². The molecule has 1 N–H and O–H groups in total. The first-order valence-corrected chi connectivity index (χ1v) is 6.25. The third kappa shape index (κ3) is 3.26. The van der Waals surface area contributed by atoms with Crippen LogP contribution in [0.5, 0.6) is 5.75 Å². The van der Waals surface area contributed by atoms with Gasteiger partial charge in [-0.1, -0.05) is 23.7 Å². The van der Waals surface area contributed by atoms with Gasteiger partial charge in [0, 0.05) is 5.02 Å². The summed E-state index contributed by atoms with van der Waals surface area (Å²) in [5.74, 6) is -0.249. The molecule has 0 aliphatic carbocycles. The fraction of sp³-hybridized carbons (Fsp3) is 0.133. The van der Waals surface area contributed by atoms with Crippen LogP contribution in [0, 0.1) is 0 Å². The maximum absolute atomic E-state index is 11.0. The zero-order chi connectivity index (χ0) is 13.8. The van der Waals surface area contributed by atoms with E-state index in [9.17, 15) is 4.79 Å². The van der Waals surface area contributed by atoms with Gasteiger partial charge in [-0.25, -0.2) is 4.79 Å². The summed E-state index contributed by atoms with van der Waals surface area (Å²) in [5, 5.41) is 9.44. The summed E-state index contributed by atoms with van der Waals surface area (Å²) in [6, 6.07) is 12.2. The van der Waals surface area contributed by atoms with Crippen molar-refractivity contribution in [3.63, 3.8) is 0 Å². The molecule has 0 saturated heterocycles. The average molecular weight is 277 g/mol. The summed E-state index contributed by atoms with van der Waals surface area (Å²) >= 11 is 5.95. The molecular weight excluding hydrogens is 264 g/mol. The zero-order valence-electron chi connectivity index (χ0n) is 10.4. The Bertz CT molecular complexity index is 608. The number of carboxylic acid groups (broad SMARTS) is 1. The van der Waals surface area contributed by atoms with E-state index in [1.54, 1.807) is 12.1 Å². The van der Waals surface area contributed by atoms with Crippen molar-refractivity contribution in [3.8, 4) is 16.9 Å². The molecule has 3 nitrogen and oxygen atoms in total. The van der Waals surface area contributed by atoms with E-state index in [0.717, 1.165) is 16.9 Å². The van der Waals surface area contributed by atoms with Crippen LogP contribution in [0.4, 0.5) is 0 Å². The number of carbonyl (C=O) groups is 1. The highest BCUT2D eigenvalue weighted by molar-refractivity contribution is 6.31. The molecule has 0 amide bonds. The Labute approximate surface area is 116 Å². The second kappa shape index (κ2) is 5.76. The third-order valence-corrected chi connectivity index (χ3v) is 2.84. The lowest BCUT2D eigenvalue weighted by atomic mass is 10.0. The van der Waals surface area contributed by atoms with Gasteiger partial charge in [-0.3, -0.25) is 0 Å². The van der Waals surface area contributed by atoms with Crippen molar-refractivity contribution < 1.29 is 14.6 Å². The number of hydrogen-bond donors (Lipinski definition) is 1. The van der Waals surface area contributed by atoms with Crippen LogP contribution in [-0.2, 0) is 0 Å². The standard InChI is InChI=1S/C15H13ClO3/c1-2-19-14-5-3-4-10(9-14)11-6-12(15(17)18)8-13(16)7-11/h3-9H,2H2,1H3,(H,17,18). The monoisotopic (exact) mass is 276 g/mol. The Hall–Kier alpha value is -2.00. The molecule has 0 saturated carbocycles. The fourth-order valence-electron chi connectivity index (χ4n) is 1.81. The molecule has 2 aromatic rings. The van der Waals surface area contributed by atoms with Crippen molar-refractivity contribution in [3.05, 3.63) is 53.1 Å². The van der Waals surface area contributed by atoms with Gasteiger partial charge < -0.3 is 9.84 Å². The molecule has 0 aromatic heterocycles. The molecule has 0 heterocycles. The van der Waals surface area contributed by atoms with E-state index in [1.165, 1.54) is 6.07 Å². The molecule has 98 valence electrons. The number of carboxylic acids is 1. The number of benzene rings is 2. The normalized spacial score (nSPS) is 10.2. The molecule has 0 radical (unpaired) electrons. The van der Waals surface area contributed by atoms with Crippen molar-refractivity contribution in [2.75, 3.05) is 6.61 Å². The van der Waals surface area contributed by atoms with E-state index < -0.39 is 5.97 Å². The van der Waals surface area contributed by atoms with E-state index in [0.29, 0.717) is 11.6 Å². The maximum atomic E-state index is 11.0. The van der Waals surface area contributed by atoms with Crippen LogP contribution in [0.15, 0.2) is 42.5 Å². The number of hydrogen-bond acceptors (Lipinski definition) is 2. The highest BCUT2D eigenvalue weighted by atomic mass is 35.5. The van der Waals surface area contributed by atoms with Crippen LogP contribution in [-0.4, -0.2) is 17.7 Å². The van der Waals surface area contributed by atoms with Gasteiger partial charge >= 0.3 is 5.97 Å². The molecule has 0 fully saturated rings. The average Bonchev–Trinajstić information content (AvgIpc) is 2.38. The second-order valence-corrected chi connectivity index (χ2v) is 4.43. The Morgan fingerprint density at radius 2 is 2.00 bits per heavy atom. The van der Waals surface area contributed by atoms with Crippen LogP contribution in [0.2, 0.25) is 5.02 Å². The quantitative estimate of drug-likeness (QED) is 0.914. The number of rotatable bonds is 4. The minimum absolute atomic E-state index is 0.171. The van der Waals surface area contributed by atoms with Crippen LogP contribution >= 0.6 is 11.6 Å². The van der Waals surface area contributed by atoms with Crippen molar-refractivity contribution in [2.24, 2.45) is 0 Å². The lowest BCUT2D eigenvalue weighted by molar-refractivity contribution is 0.0697. The minimum Gasteiger partial charge on any atom is -0.494 e. The molecule has 2 aromatic carbocycles. The zero-order valence-corrected chi connectivity index (χ0v) is 11.1. The first-order chi connectivity index (χ1) is 9.10. The molecular formula is C15H13ClO3. The topological polar surface area (TPSA) is 46.5 Å². The smallest absolute Gasteiger partial charge is 0.335 e. The van der Waals surface area contributed by atoms with Crippen molar-refractivity contribution in [1.29, 1.82) is 0 Å².